The van der Waals surface area contributed by atoms with Crippen LogP contribution in [0.15, 0.2) is 77.9 Å². The first-order valence-corrected chi connectivity index (χ1v) is 11.7. The summed E-state index contributed by atoms with van der Waals surface area (Å²) in [6, 6.07) is 21.8. The average molecular weight is 495 g/mol. The largest absolute Gasteiger partial charge is 0.497 e. The zero-order valence-corrected chi connectivity index (χ0v) is 20.4. The number of Topliss-reactive ketones (excluding diaryl/α,β-unsaturated/α-hetero) is 1. The first-order valence-electron chi connectivity index (χ1n) is 10.9. The van der Waals surface area contributed by atoms with Crippen molar-refractivity contribution in [3.8, 4) is 5.75 Å². The minimum Gasteiger partial charge on any atom is -0.497 e. The molecule has 0 bridgehead atoms. The monoisotopic (exact) mass is 494 g/mol. The van der Waals surface area contributed by atoms with Gasteiger partial charge in [0.2, 0.25) is 0 Å². The first kappa shape index (κ1) is 24.0. The zero-order valence-electron chi connectivity index (χ0n) is 18.9. The van der Waals surface area contributed by atoms with Gasteiger partial charge in [0.1, 0.15) is 5.75 Å². The number of rotatable bonds is 8. The third-order valence-corrected chi connectivity index (χ3v) is 6.62. The molecule has 1 aliphatic heterocycles. The molecule has 3 aromatic rings. The molecule has 0 saturated carbocycles. The number of ketones is 1. The van der Waals surface area contributed by atoms with E-state index in [9.17, 15) is 9.59 Å². The van der Waals surface area contributed by atoms with Crippen molar-refractivity contribution in [3.05, 3.63) is 99.5 Å². The van der Waals surface area contributed by atoms with Crippen LogP contribution in [0.4, 0.5) is 0 Å². The van der Waals surface area contributed by atoms with E-state index in [1.807, 2.05) is 49.4 Å². The molecule has 0 aliphatic carbocycles. The van der Waals surface area contributed by atoms with Crippen LogP contribution in [0.2, 0.25) is 10.0 Å². The molecule has 5 nitrogen and oxygen atoms in total. The van der Waals surface area contributed by atoms with E-state index < -0.39 is 5.92 Å². The van der Waals surface area contributed by atoms with E-state index in [1.54, 1.807) is 37.4 Å². The smallest absolute Gasteiger partial charge is 0.252 e. The summed E-state index contributed by atoms with van der Waals surface area (Å²) < 4.78 is 5.28. The van der Waals surface area contributed by atoms with Crippen LogP contribution in [0.3, 0.4) is 0 Å². The van der Waals surface area contributed by atoms with Crippen LogP contribution in [0, 0.1) is 5.92 Å². The summed E-state index contributed by atoms with van der Waals surface area (Å²) in [7, 11) is 1.60. The lowest BCUT2D eigenvalue weighted by Crippen LogP contribution is -2.32. The van der Waals surface area contributed by atoms with Crippen LogP contribution in [0.5, 0.6) is 5.75 Å². The van der Waals surface area contributed by atoms with Gasteiger partial charge in [0.05, 0.1) is 19.6 Å². The lowest BCUT2D eigenvalue weighted by molar-refractivity contribution is -0.132. The average Bonchev–Trinajstić information content (AvgIpc) is 3.12. The van der Waals surface area contributed by atoms with E-state index in [0.717, 1.165) is 11.1 Å². The molecular weight excluding hydrogens is 471 g/mol. The van der Waals surface area contributed by atoms with Crippen LogP contribution in [0.25, 0.3) is 0 Å². The minimum atomic E-state index is -0.563. The Bertz CT molecular complexity index is 1230. The molecular formula is C27H24Cl2N2O3. The number of methoxy groups -OCH3 is 1. The minimum absolute atomic E-state index is 0.0267. The van der Waals surface area contributed by atoms with Gasteiger partial charge in [-0.1, -0.05) is 71.7 Å². The Balaban J connectivity index is 1.64. The van der Waals surface area contributed by atoms with Crippen LogP contribution >= 0.6 is 23.2 Å². The lowest BCUT2D eigenvalue weighted by Gasteiger charge is -2.24. The SMILES string of the molecule is COc1ccc([C@H](CC(=O)c2ccccc2)[C@@H]2C(=O)N(Cc3ccc(Cl)cc3Cl)N=C2C)cc1. The molecule has 4 rings (SSSR count). The quantitative estimate of drug-likeness (QED) is 0.340. The number of hydrogen-bond acceptors (Lipinski definition) is 4. The summed E-state index contributed by atoms with van der Waals surface area (Å²) in [4.78, 5) is 26.7. The summed E-state index contributed by atoms with van der Waals surface area (Å²) in [6.45, 7) is 2.06. The number of nitrogens with zero attached hydrogens (tertiary/aromatic N) is 2. The van der Waals surface area contributed by atoms with Gasteiger partial charge in [0.15, 0.2) is 5.78 Å². The maximum Gasteiger partial charge on any atom is 0.252 e. The van der Waals surface area contributed by atoms with Crippen LogP contribution in [0.1, 0.15) is 40.7 Å². The Kier molecular flexibility index (Phi) is 7.35. The number of carbonyl (C=O) groups excluding carboxylic acids is 2. The van der Waals surface area contributed by atoms with E-state index in [4.69, 9.17) is 27.9 Å². The number of carbonyl (C=O) groups is 2. The highest BCUT2D eigenvalue weighted by molar-refractivity contribution is 6.35. The van der Waals surface area contributed by atoms with E-state index in [2.05, 4.69) is 5.10 Å². The second-order valence-electron chi connectivity index (χ2n) is 8.22. The van der Waals surface area contributed by atoms with Crippen molar-refractivity contribution in [1.29, 1.82) is 0 Å². The zero-order chi connectivity index (χ0) is 24.2. The highest BCUT2D eigenvalue weighted by Crippen LogP contribution is 2.37. The number of hydrazone groups is 1. The molecule has 1 heterocycles. The third-order valence-electron chi connectivity index (χ3n) is 6.03. The van der Waals surface area contributed by atoms with Gasteiger partial charge < -0.3 is 4.74 Å². The molecule has 0 spiro atoms. The summed E-state index contributed by atoms with van der Waals surface area (Å²) in [5.74, 6) is -0.418. The van der Waals surface area contributed by atoms with Crippen LogP contribution in [-0.4, -0.2) is 29.5 Å². The van der Waals surface area contributed by atoms with Crippen molar-refractivity contribution in [2.75, 3.05) is 7.11 Å². The Labute approximate surface area is 208 Å². The van der Waals surface area contributed by atoms with E-state index in [0.29, 0.717) is 27.1 Å². The maximum atomic E-state index is 13.6. The topological polar surface area (TPSA) is 59.0 Å². The molecule has 174 valence electrons. The molecule has 0 fully saturated rings. The number of hydrogen-bond donors (Lipinski definition) is 0. The van der Waals surface area contributed by atoms with E-state index in [1.165, 1.54) is 5.01 Å². The van der Waals surface area contributed by atoms with Crippen molar-refractivity contribution in [3.63, 3.8) is 0 Å². The predicted octanol–water partition coefficient (Wildman–Crippen LogP) is 6.39. The van der Waals surface area contributed by atoms with Crippen molar-refractivity contribution >= 4 is 40.6 Å². The molecule has 7 heteroatoms. The molecule has 1 amide bonds. The lowest BCUT2D eigenvalue weighted by atomic mass is 9.79. The van der Waals surface area contributed by atoms with Crippen molar-refractivity contribution in [1.82, 2.24) is 5.01 Å². The normalized spacial score (nSPS) is 16.4. The molecule has 0 unspecified atom stereocenters. The molecule has 3 aromatic carbocycles. The summed E-state index contributed by atoms with van der Waals surface area (Å²) in [6.07, 6.45) is 0.176. The van der Waals surface area contributed by atoms with Crippen LogP contribution in [-0.2, 0) is 11.3 Å². The van der Waals surface area contributed by atoms with E-state index in [-0.39, 0.29) is 30.6 Å². The Morgan fingerprint density at radius 3 is 2.41 bits per heavy atom. The fourth-order valence-electron chi connectivity index (χ4n) is 4.25. The third kappa shape index (κ3) is 5.16. The highest BCUT2D eigenvalue weighted by atomic mass is 35.5. The summed E-state index contributed by atoms with van der Waals surface area (Å²) in [5, 5.41) is 6.97. The van der Waals surface area contributed by atoms with Gasteiger partial charge in [0.25, 0.3) is 5.91 Å². The Morgan fingerprint density at radius 2 is 1.76 bits per heavy atom. The second-order valence-corrected chi connectivity index (χ2v) is 9.07. The molecule has 0 saturated heterocycles. The van der Waals surface area contributed by atoms with Gasteiger partial charge in [-0.05, 0) is 42.3 Å². The first-order chi connectivity index (χ1) is 16.4. The second kappa shape index (κ2) is 10.4. The standard InChI is InChI=1S/C27H24Cl2N2O3/c1-17-26(27(33)31(30-17)16-20-8-11-21(28)14-24(20)29)23(18-9-12-22(34-2)13-10-18)15-25(32)19-6-4-3-5-7-19/h3-14,23,26H,15-16H2,1-2H3/t23-,26+/m0/s1. The van der Waals surface area contributed by atoms with Gasteiger partial charge in [-0.2, -0.15) is 5.10 Å². The highest BCUT2D eigenvalue weighted by Gasteiger charge is 2.41. The maximum absolute atomic E-state index is 13.6. The van der Waals surface area contributed by atoms with Crippen molar-refractivity contribution in [2.45, 2.75) is 25.8 Å². The van der Waals surface area contributed by atoms with Gasteiger partial charge >= 0.3 is 0 Å². The number of benzene rings is 3. The molecule has 1 aliphatic rings. The van der Waals surface area contributed by atoms with Gasteiger partial charge in [-0.3, -0.25) is 9.59 Å². The van der Waals surface area contributed by atoms with Crippen molar-refractivity contribution < 1.29 is 14.3 Å². The molecule has 0 aromatic heterocycles. The molecule has 0 N–H and O–H groups in total. The predicted molar refractivity (Wildman–Crippen MR) is 135 cm³/mol. The van der Waals surface area contributed by atoms with Gasteiger partial charge in [-0.25, -0.2) is 5.01 Å². The summed E-state index contributed by atoms with van der Waals surface area (Å²) >= 11 is 12.3. The van der Waals surface area contributed by atoms with Gasteiger partial charge in [0, 0.05) is 33.7 Å². The molecule has 2 atom stereocenters. The number of ether oxygens (including phenoxy) is 1. The van der Waals surface area contributed by atoms with Crippen molar-refractivity contribution in [2.24, 2.45) is 11.0 Å². The van der Waals surface area contributed by atoms with Gasteiger partial charge in [-0.15, -0.1) is 0 Å². The summed E-state index contributed by atoms with van der Waals surface area (Å²) in [5.41, 5.74) is 2.91. The Morgan fingerprint density at radius 1 is 1.06 bits per heavy atom. The fourth-order valence-corrected chi connectivity index (χ4v) is 4.72. The fraction of sp³-hybridized carbons (Fsp3) is 0.222. The number of amides is 1. The molecule has 34 heavy (non-hydrogen) atoms. The number of halogens is 2. The Hall–Kier alpha value is -3.15. The van der Waals surface area contributed by atoms with E-state index >= 15 is 0 Å². The molecule has 0 radical (unpaired) electrons. The van der Waals surface area contributed by atoms with Crippen LogP contribution < -0.4 is 4.74 Å².